The number of benzene rings is 1. The van der Waals surface area contributed by atoms with Crippen LogP contribution in [0.5, 0.6) is 0 Å². The van der Waals surface area contributed by atoms with Crippen molar-refractivity contribution in [3.8, 4) is 6.07 Å². The van der Waals surface area contributed by atoms with Crippen LogP contribution in [0.2, 0.25) is 0 Å². The van der Waals surface area contributed by atoms with Crippen molar-refractivity contribution in [2.24, 2.45) is 0 Å². The van der Waals surface area contributed by atoms with Crippen LogP contribution in [0.25, 0.3) is 0 Å². The predicted molar refractivity (Wildman–Crippen MR) is 60.5 cm³/mol. The Kier molecular flexibility index (Phi) is 5.94. The highest BCUT2D eigenvalue weighted by molar-refractivity contribution is 5.85. The van der Waals surface area contributed by atoms with E-state index >= 15 is 0 Å². The first-order chi connectivity index (χ1) is 6.27. The molecule has 1 atom stereocenters. The standard InChI is InChI=1S/C11H14N2.ClH/c1-3-13-9(2)11-6-4-10(8-12)5-7-11;/h4-7,9,13H,3H2,1-2H3;1H. The summed E-state index contributed by atoms with van der Waals surface area (Å²) in [6.45, 7) is 5.16. The van der Waals surface area contributed by atoms with Gasteiger partial charge in [0, 0.05) is 6.04 Å². The summed E-state index contributed by atoms with van der Waals surface area (Å²) in [6, 6.07) is 10.1. The smallest absolute Gasteiger partial charge is 0.0991 e. The molecule has 0 bridgehead atoms. The van der Waals surface area contributed by atoms with E-state index in [-0.39, 0.29) is 12.4 Å². The lowest BCUT2D eigenvalue weighted by Crippen LogP contribution is -2.17. The van der Waals surface area contributed by atoms with Crippen molar-refractivity contribution in [3.05, 3.63) is 35.4 Å². The topological polar surface area (TPSA) is 35.8 Å². The number of nitriles is 1. The second-order valence-electron chi connectivity index (χ2n) is 3.01. The quantitative estimate of drug-likeness (QED) is 0.833. The zero-order valence-electron chi connectivity index (χ0n) is 8.45. The fourth-order valence-corrected chi connectivity index (χ4v) is 1.27. The van der Waals surface area contributed by atoms with Crippen molar-refractivity contribution < 1.29 is 0 Å². The van der Waals surface area contributed by atoms with Gasteiger partial charge < -0.3 is 5.32 Å². The van der Waals surface area contributed by atoms with Crippen LogP contribution in [0.4, 0.5) is 0 Å². The highest BCUT2D eigenvalue weighted by atomic mass is 35.5. The highest BCUT2D eigenvalue weighted by Gasteiger charge is 2.02. The number of halogens is 1. The van der Waals surface area contributed by atoms with Crippen molar-refractivity contribution in [1.29, 1.82) is 5.26 Å². The molecule has 0 aliphatic rings. The van der Waals surface area contributed by atoms with Gasteiger partial charge in [-0.05, 0) is 31.2 Å². The van der Waals surface area contributed by atoms with Crippen LogP contribution in [0, 0.1) is 11.3 Å². The lowest BCUT2D eigenvalue weighted by molar-refractivity contribution is 0.598. The average molecular weight is 211 g/mol. The molecule has 0 heterocycles. The third kappa shape index (κ3) is 3.37. The van der Waals surface area contributed by atoms with Crippen LogP contribution >= 0.6 is 12.4 Å². The van der Waals surface area contributed by atoms with Crippen LogP contribution in [0.3, 0.4) is 0 Å². The van der Waals surface area contributed by atoms with E-state index in [4.69, 9.17) is 5.26 Å². The number of nitrogens with one attached hydrogen (secondary N) is 1. The average Bonchev–Trinajstić information content (AvgIpc) is 2.18. The Hall–Kier alpha value is -1.04. The van der Waals surface area contributed by atoms with Crippen LogP contribution < -0.4 is 5.32 Å². The number of nitrogens with zero attached hydrogens (tertiary/aromatic N) is 1. The molecule has 1 aromatic carbocycles. The minimum atomic E-state index is 0. The number of hydrogen-bond donors (Lipinski definition) is 1. The molecule has 14 heavy (non-hydrogen) atoms. The van der Waals surface area contributed by atoms with Crippen molar-refractivity contribution >= 4 is 12.4 Å². The maximum absolute atomic E-state index is 8.60. The Morgan fingerprint density at radius 1 is 1.36 bits per heavy atom. The van der Waals surface area contributed by atoms with E-state index in [0.29, 0.717) is 11.6 Å². The van der Waals surface area contributed by atoms with Gasteiger partial charge in [0.1, 0.15) is 0 Å². The predicted octanol–water partition coefficient (Wildman–Crippen LogP) is 2.65. The molecule has 1 rings (SSSR count). The third-order valence-corrected chi connectivity index (χ3v) is 2.05. The molecule has 0 saturated carbocycles. The summed E-state index contributed by atoms with van der Waals surface area (Å²) in [4.78, 5) is 0. The van der Waals surface area contributed by atoms with Gasteiger partial charge in [-0.2, -0.15) is 5.26 Å². The monoisotopic (exact) mass is 210 g/mol. The van der Waals surface area contributed by atoms with Gasteiger partial charge in [-0.25, -0.2) is 0 Å². The van der Waals surface area contributed by atoms with E-state index in [1.165, 1.54) is 5.56 Å². The van der Waals surface area contributed by atoms with E-state index < -0.39 is 0 Å². The molecule has 2 nitrogen and oxygen atoms in total. The SMILES string of the molecule is CCNC(C)c1ccc(C#N)cc1.Cl. The molecule has 0 saturated heterocycles. The molecule has 1 N–H and O–H groups in total. The van der Waals surface area contributed by atoms with Gasteiger partial charge in [-0.3, -0.25) is 0 Å². The van der Waals surface area contributed by atoms with E-state index in [0.717, 1.165) is 6.54 Å². The number of rotatable bonds is 3. The maximum Gasteiger partial charge on any atom is 0.0991 e. The second-order valence-corrected chi connectivity index (χ2v) is 3.01. The van der Waals surface area contributed by atoms with Gasteiger partial charge in [-0.1, -0.05) is 19.1 Å². The summed E-state index contributed by atoms with van der Waals surface area (Å²) in [5, 5.41) is 11.9. The Morgan fingerprint density at radius 3 is 2.36 bits per heavy atom. The van der Waals surface area contributed by atoms with E-state index in [2.05, 4.69) is 25.2 Å². The van der Waals surface area contributed by atoms with Crippen molar-refractivity contribution in [3.63, 3.8) is 0 Å². The molecular formula is C11H15ClN2. The molecule has 0 radical (unpaired) electrons. The fraction of sp³-hybridized carbons (Fsp3) is 0.364. The summed E-state index contributed by atoms with van der Waals surface area (Å²) in [6.07, 6.45) is 0. The number of hydrogen-bond acceptors (Lipinski definition) is 2. The molecule has 0 aliphatic carbocycles. The second kappa shape index (κ2) is 6.42. The summed E-state index contributed by atoms with van der Waals surface area (Å²) in [5.74, 6) is 0. The molecule has 1 unspecified atom stereocenters. The van der Waals surface area contributed by atoms with Gasteiger partial charge >= 0.3 is 0 Å². The molecule has 0 fully saturated rings. The van der Waals surface area contributed by atoms with Crippen LogP contribution in [-0.4, -0.2) is 6.54 Å². The normalized spacial score (nSPS) is 11.2. The summed E-state index contributed by atoms with van der Waals surface area (Å²) >= 11 is 0. The Bertz CT molecular complexity index is 300. The minimum absolute atomic E-state index is 0. The molecule has 0 aromatic heterocycles. The van der Waals surface area contributed by atoms with Crippen LogP contribution in [0.1, 0.15) is 31.0 Å². The molecule has 0 amide bonds. The van der Waals surface area contributed by atoms with E-state index in [1.807, 2.05) is 24.3 Å². The van der Waals surface area contributed by atoms with Gasteiger partial charge in [0.05, 0.1) is 11.6 Å². The molecular weight excluding hydrogens is 196 g/mol. The lowest BCUT2D eigenvalue weighted by Gasteiger charge is -2.11. The summed E-state index contributed by atoms with van der Waals surface area (Å²) < 4.78 is 0. The zero-order chi connectivity index (χ0) is 9.68. The first-order valence-electron chi connectivity index (χ1n) is 4.51. The first-order valence-corrected chi connectivity index (χ1v) is 4.51. The Labute approximate surface area is 91.4 Å². The van der Waals surface area contributed by atoms with Gasteiger partial charge in [0.2, 0.25) is 0 Å². The van der Waals surface area contributed by atoms with Crippen LogP contribution in [0.15, 0.2) is 24.3 Å². The van der Waals surface area contributed by atoms with Gasteiger partial charge in [0.25, 0.3) is 0 Å². The highest BCUT2D eigenvalue weighted by Crippen LogP contribution is 2.12. The van der Waals surface area contributed by atoms with Gasteiger partial charge in [0.15, 0.2) is 0 Å². The molecule has 0 spiro atoms. The Morgan fingerprint density at radius 2 is 1.93 bits per heavy atom. The molecule has 0 aliphatic heterocycles. The first kappa shape index (κ1) is 13.0. The molecule has 3 heteroatoms. The largest absolute Gasteiger partial charge is 0.310 e. The van der Waals surface area contributed by atoms with Crippen molar-refractivity contribution in [1.82, 2.24) is 5.32 Å². The van der Waals surface area contributed by atoms with E-state index in [9.17, 15) is 0 Å². The molecule has 76 valence electrons. The maximum atomic E-state index is 8.60. The van der Waals surface area contributed by atoms with Crippen LogP contribution in [-0.2, 0) is 0 Å². The van der Waals surface area contributed by atoms with Crippen molar-refractivity contribution in [2.45, 2.75) is 19.9 Å². The van der Waals surface area contributed by atoms with E-state index in [1.54, 1.807) is 0 Å². The lowest BCUT2D eigenvalue weighted by atomic mass is 10.1. The minimum Gasteiger partial charge on any atom is -0.310 e. The Balaban J connectivity index is 0.00000169. The summed E-state index contributed by atoms with van der Waals surface area (Å²) in [5.41, 5.74) is 1.94. The van der Waals surface area contributed by atoms with Gasteiger partial charge in [-0.15, -0.1) is 12.4 Å². The summed E-state index contributed by atoms with van der Waals surface area (Å²) in [7, 11) is 0. The van der Waals surface area contributed by atoms with Crippen molar-refractivity contribution in [2.75, 3.05) is 6.54 Å². The fourth-order valence-electron chi connectivity index (χ4n) is 1.27. The molecule has 1 aromatic rings. The third-order valence-electron chi connectivity index (χ3n) is 2.05. The zero-order valence-corrected chi connectivity index (χ0v) is 9.27.